The Kier molecular flexibility index (Phi) is 4.59. The fourth-order valence-corrected chi connectivity index (χ4v) is 3.85. The third kappa shape index (κ3) is 3.48. The first-order valence-electron chi connectivity index (χ1n) is 8.72. The van der Waals surface area contributed by atoms with Gasteiger partial charge < -0.3 is 5.32 Å². The van der Waals surface area contributed by atoms with E-state index < -0.39 is 0 Å². The van der Waals surface area contributed by atoms with E-state index in [2.05, 4.69) is 53.8 Å². The largest absolute Gasteiger partial charge is 0.303 e. The molecular formula is C17H21N7S. The normalized spacial score (nSPS) is 19.3. The molecule has 1 atom stereocenters. The van der Waals surface area contributed by atoms with Crippen LogP contribution in [0.25, 0.3) is 0 Å². The van der Waals surface area contributed by atoms with Gasteiger partial charge in [-0.3, -0.25) is 0 Å². The second kappa shape index (κ2) is 7.02. The summed E-state index contributed by atoms with van der Waals surface area (Å²) in [7, 11) is 0. The minimum atomic E-state index is -0.265. The van der Waals surface area contributed by atoms with Crippen molar-refractivity contribution in [3.05, 3.63) is 28.2 Å². The molecule has 1 unspecified atom stereocenters. The zero-order chi connectivity index (χ0) is 17.1. The van der Waals surface area contributed by atoms with Gasteiger partial charge in [0.05, 0.1) is 12.1 Å². The second-order valence-corrected chi connectivity index (χ2v) is 7.43. The SMILES string of the molecule is C#CCCC1(CCNC(c2ccsc2)c2nnnn2C2CCC2)N=N1. The van der Waals surface area contributed by atoms with E-state index in [0.717, 1.165) is 38.1 Å². The van der Waals surface area contributed by atoms with Crippen LogP contribution in [0.2, 0.25) is 0 Å². The first-order valence-corrected chi connectivity index (χ1v) is 9.66. The molecule has 0 radical (unpaired) electrons. The second-order valence-electron chi connectivity index (χ2n) is 6.65. The highest BCUT2D eigenvalue weighted by molar-refractivity contribution is 7.08. The molecule has 8 heteroatoms. The van der Waals surface area contributed by atoms with Crippen molar-refractivity contribution in [2.45, 2.75) is 56.3 Å². The van der Waals surface area contributed by atoms with Gasteiger partial charge in [-0.15, -0.1) is 17.4 Å². The Morgan fingerprint density at radius 2 is 2.28 bits per heavy atom. The van der Waals surface area contributed by atoms with E-state index in [9.17, 15) is 0 Å². The quantitative estimate of drug-likeness (QED) is 0.701. The highest BCUT2D eigenvalue weighted by Gasteiger charge is 2.39. The maximum atomic E-state index is 5.36. The molecule has 1 aliphatic heterocycles. The van der Waals surface area contributed by atoms with Crippen molar-refractivity contribution in [2.75, 3.05) is 6.54 Å². The van der Waals surface area contributed by atoms with Crippen LogP contribution in [0.1, 0.15) is 62.0 Å². The number of hydrogen-bond acceptors (Lipinski definition) is 7. The van der Waals surface area contributed by atoms with Crippen LogP contribution in [-0.2, 0) is 0 Å². The number of rotatable bonds is 9. The molecule has 2 aliphatic rings. The van der Waals surface area contributed by atoms with Gasteiger partial charge >= 0.3 is 0 Å². The molecule has 7 nitrogen and oxygen atoms in total. The van der Waals surface area contributed by atoms with Crippen LogP contribution in [0.3, 0.4) is 0 Å². The van der Waals surface area contributed by atoms with Crippen molar-refractivity contribution in [1.82, 2.24) is 25.5 Å². The summed E-state index contributed by atoms with van der Waals surface area (Å²) >= 11 is 1.68. The molecule has 0 saturated heterocycles. The number of tetrazole rings is 1. The van der Waals surface area contributed by atoms with E-state index in [-0.39, 0.29) is 11.7 Å². The van der Waals surface area contributed by atoms with E-state index in [1.165, 1.54) is 12.0 Å². The van der Waals surface area contributed by atoms with Crippen molar-refractivity contribution in [2.24, 2.45) is 10.2 Å². The summed E-state index contributed by atoms with van der Waals surface area (Å²) < 4.78 is 2.00. The van der Waals surface area contributed by atoms with Crippen molar-refractivity contribution in [1.29, 1.82) is 0 Å². The number of terminal acetylenes is 1. The molecule has 2 aromatic heterocycles. The fraction of sp³-hybridized carbons (Fsp3) is 0.588. The van der Waals surface area contributed by atoms with Gasteiger partial charge in [0.1, 0.15) is 0 Å². The van der Waals surface area contributed by atoms with Crippen molar-refractivity contribution in [3.8, 4) is 12.3 Å². The van der Waals surface area contributed by atoms with Gasteiger partial charge in [0.2, 0.25) is 0 Å². The van der Waals surface area contributed by atoms with Crippen LogP contribution >= 0.6 is 11.3 Å². The molecule has 0 aromatic carbocycles. The summed E-state index contributed by atoms with van der Waals surface area (Å²) in [5.41, 5.74) is 0.932. The van der Waals surface area contributed by atoms with Crippen LogP contribution < -0.4 is 5.32 Å². The smallest absolute Gasteiger partial charge is 0.193 e. The van der Waals surface area contributed by atoms with Gasteiger partial charge in [-0.2, -0.15) is 21.6 Å². The Bertz CT molecular complexity index is 763. The topological polar surface area (TPSA) is 80.4 Å². The lowest BCUT2D eigenvalue weighted by Gasteiger charge is -2.28. The first-order chi connectivity index (χ1) is 12.3. The molecule has 25 heavy (non-hydrogen) atoms. The molecule has 4 rings (SSSR count). The summed E-state index contributed by atoms with van der Waals surface area (Å²) in [6.07, 6.45) is 11.3. The summed E-state index contributed by atoms with van der Waals surface area (Å²) in [5.74, 6) is 3.57. The summed E-state index contributed by atoms with van der Waals surface area (Å²) in [4.78, 5) is 0. The average Bonchev–Trinajstić information content (AvgIpc) is 2.99. The molecular weight excluding hydrogens is 334 g/mol. The molecule has 1 aliphatic carbocycles. The van der Waals surface area contributed by atoms with E-state index >= 15 is 0 Å². The first kappa shape index (κ1) is 16.4. The van der Waals surface area contributed by atoms with Gasteiger partial charge in [0.25, 0.3) is 0 Å². The number of hydrogen-bond donors (Lipinski definition) is 1. The highest BCUT2D eigenvalue weighted by Crippen LogP contribution is 2.37. The molecule has 1 fully saturated rings. The van der Waals surface area contributed by atoms with Crippen LogP contribution in [0.15, 0.2) is 27.1 Å². The molecule has 0 bridgehead atoms. The van der Waals surface area contributed by atoms with Crippen LogP contribution in [0.4, 0.5) is 0 Å². The number of nitrogens with zero attached hydrogens (tertiary/aromatic N) is 6. The molecule has 130 valence electrons. The van der Waals surface area contributed by atoms with Gasteiger partial charge in [-0.25, -0.2) is 4.68 Å². The van der Waals surface area contributed by atoms with Crippen molar-refractivity contribution < 1.29 is 0 Å². The molecule has 1 N–H and O–H groups in total. The highest BCUT2D eigenvalue weighted by atomic mass is 32.1. The maximum absolute atomic E-state index is 5.36. The van der Waals surface area contributed by atoms with Gasteiger partial charge in [-0.1, -0.05) is 0 Å². The van der Waals surface area contributed by atoms with Crippen LogP contribution in [-0.4, -0.2) is 32.4 Å². The molecule has 3 heterocycles. The van der Waals surface area contributed by atoms with Crippen LogP contribution in [0, 0.1) is 12.3 Å². The van der Waals surface area contributed by atoms with Gasteiger partial charge in [0, 0.05) is 25.8 Å². The predicted octanol–water partition coefficient (Wildman–Crippen LogP) is 3.10. The number of thiophene rings is 1. The Morgan fingerprint density at radius 3 is 2.92 bits per heavy atom. The van der Waals surface area contributed by atoms with E-state index in [1.807, 2.05) is 4.68 Å². The van der Waals surface area contributed by atoms with Crippen molar-refractivity contribution >= 4 is 11.3 Å². The third-order valence-corrected chi connectivity index (χ3v) is 5.70. The Balaban J connectivity index is 1.45. The standard InChI is InChI=1S/C17H21N7S/c1-2-3-8-17(20-21-17)9-10-18-15(13-7-11-25-12-13)16-19-22-23-24(16)14-5-4-6-14/h1,7,11-12,14-15,18H,3-6,8-10H2. The summed E-state index contributed by atoms with van der Waals surface area (Å²) in [6.45, 7) is 0.787. The Hall–Kier alpha value is -2.11. The van der Waals surface area contributed by atoms with E-state index in [4.69, 9.17) is 6.42 Å². The predicted molar refractivity (Wildman–Crippen MR) is 95.1 cm³/mol. The summed E-state index contributed by atoms with van der Waals surface area (Å²) in [6, 6.07) is 2.55. The third-order valence-electron chi connectivity index (χ3n) is 5.00. The van der Waals surface area contributed by atoms with Crippen molar-refractivity contribution in [3.63, 3.8) is 0 Å². The summed E-state index contributed by atoms with van der Waals surface area (Å²) in [5, 5.41) is 28.8. The zero-order valence-corrected chi connectivity index (χ0v) is 14.8. The lowest BCUT2D eigenvalue weighted by molar-refractivity contribution is 0.272. The molecule has 0 amide bonds. The minimum absolute atomic E-state index is 0.00900. The average molecular weight is 355 g/mol. The Labute approximate surface area is 150 Å². The monoisotopic (exact) mass is 355 g/mol. The van der Waals surface area contributed by atoms with Crippen LogP contribution in [0.5, 0.6) is 0 Å². The lowest BCUT2D eigenvalue weighted by Crippen LogP contribution is -2.31. The van der Waals surface area contributed by atoms with E-state index in [0.29, 0.717) is 12.5 Å². The Morgan fingerprint density at radius 1 is 1.40 bits per heavy atom. The number of aromatic nitrogens is 4. The zero-order valence-electron chi connectivity index (χ0n) is 14.0. The van der Waals surface area contributed by atoms with E-state index in [1.54, 1.807) is 11.3 Å². The fourth-order valence-electron chi connectivity index (χ4n) is 3.16. The molecule has 2 aromatic rings. The van der Waals surface area contributed by atoms with Gasteiger partial charge in [-0.05, 0) is 52.1 Å². The minimum Gasteiger partial charge on any atom is -0.303 e. The molecule has 0 spiro atoms. The molecule has 1 saturated carbocycles. The number of nitrogens with one attached hydrogen (secondary N) is 1. The lowest BCUT2D eigenvalue weighted by atomic mass is 9.93. The van der Waals surface area contributed by atoms with Gasteiger partial charge in [0.15, 0.2) is 11.5 Å². The maximum Gasteiger partial charge on any atom is 0.193 e.